The van der Waals surface area contributed by atoms with E-state index in [0.717, 1.165) is 0 Å². The maximum atomic E-state index is 11.0. The monoisotopic (exact) mass is 299 g/mol. The fourth-order valence-corrected chi connectivity index (χ4v) is 0.777. The van der Waals surface area contributed by atoms with Crippen molar-refractivity contribution in [2.45, 2.75) is 12.8 Å². The molecule has 0 bridgehead atoms. The van der Waals surface area contributed by atoms with Crippen molar-refractivity contribution in [3.05, 3.63) is 0 Å². The minimum atomic E-state index is -0.956. The van der Waals surface area contributed by atoms with E-state index in [-0.39, 0.29) is 25.2 Å². The molecule has 0 saturated carbocycles. The first-order chi connectivity index (χ1) is 8.49. The lowest BCUT2D eigenvalue weighted by molar-refractivity contribution is -0.163. The summed E-state index contributed by atoms with van der Waals surface area (Å²) >= 11 is 0. The zero-order valence-corrected chi connectivity index (χ0v) is 10.6. The molecule has 0 amide bonds. The number of carbonyl (C=O) groups excluding carboxylic acids is 3. The zero-order valence-electron chi connectivity index (χ0n) is 9.75. The number of halogens is 1. The second-order valence-electron chi connectivity index (χ2n) is 2.87. The van der Waals surface area contributed by atoms with Crippen LogP contribution in [-0.4, -0.2) is 37.0 Å². The Hall–Kier alpha value is -1.59. The molecule has 0 radical (unpaired) electrons. The van der Waals surface area contributed by atoms with E-state index >= 15 is 0 Å². The van der Waals surface area contributed by atoms with Gasteiger partial charge in [-0.05, 0) is 0 Å². The Kier molecular flexibility index (Phi) is 11.9. The van der Waals surface area contributed by atoms with Crippen LogP contribution in [-0.2, 0) is 33.5 Å². The minimum absolute atomic E-state index is 0. The van der Waals surface area contributed by atoms with Crippen LogP contribution in [0.25, 0.3) is 0 Å². The van der Waals surface area contributed by atoms with E-state index in [9.17, 15) is 14.4 Å². The smallest absolute Gasteiger partial charge is 0.341 e. The van der Waals surface area contributed by atoms with Crippen molar-refractivity contribution in [2.24, 2.45) is 11.8 Å². The van der Waals surface area contributed by atoms with E-state index in [1.807, 2.05) is 0 Å². The molecule has 0 aromatic heterocycles. The highest BCUT2D eigenvalue weighted by Crippen LogP contribution is 1.97. The van der Waals surface area contributed by atoms with Gasteiger partial charge in [0.1, 0.15) is 0 Å². The van der Waals surface area contributed by atoms with Crippen LogP contribution < -0.4 is 11.8 Å². The Morgan fingerprint density at radius 3 is 1.79 bits per heavy atom. The molecule has 0 aliphatic heterocycles. The molecule has 0 aromatic rings. The third kappa shape index (κ3) is 11.2. The Bertz CT molecular complexity index is 304. The molecule has 0 fully saturated rings. The molecule has 11 heteroatoms. The summed E-state index contributed by atoms with van der Waals surface area (Å²) in [6.07, 6.45) is -0.530. The maximum Gasteiger partial charge on any atom is 0.341 e. The van der Waals surface area contributed by atoms with Gasteiger partial charge in [-0.3, -0.25) is 19.9 Å². The molecule has 0 heterocycles. The molecular formula is C8H14ClN3O7. The lowest BCUT2D eigenvalue weighted by Crippen LogP contribution is -2.21. The highest BCUT2D eigenvalue weighted by atomic mass is 35.5. The van der Waals surface area contributed by atoms with E-state index in [0.29, 0.717) is 0 Å². The molecule has 0 rings (SSSR count). The summed E-state index contributed by atoms with van der Waals surface area (Å²) in [6, 6.07) is 0. The maximum absolute atomic E-state index is 11.0. The Morgan fingerprint density at radius 2 is 1.32 bits per heavy atom. The summed E-state index contributed by atoms with van der Waals surface area (Å²) in [4.78, 5) is 40.5. The Morgan fingerprint density at radius 1 is 0.842 bits per heavy atom. The first kappa shape index (κ1) is 19.7. The van der Waals surface area contributed by atoms with Gasteiger partial charge >= 0.3 is 17.9 Å². The molecule has 0 unspecified atom stereocenters. The number of hydrogen-bond acceptors (Lipinski definition) is 10. The summed E-state index contributed by atoms with van der Waals surface area (Å²) in [5.41, 5.74) is 0. The SMILES string of the molecule is Cl.N=C(CCC(=O)OC(=O)CON)OC(=O)CON. The lowest BCUT2D eigenvalue weighted by Gasteiger charge is -2.04. The molecule has 0 aliphatic rings. The quantitative estimate of drug-likeness (QED) is 0.168. The number of hydrogen-bond donors (Lipinski definition) is 3. The van der Waals surface area contributed by atoms with Crippen molar-refractivity contribution in [3.8, 4) is 0 Å². The summed E-state index contributed by atoms with van der Waals surface area (Å²) in [6.45, 7) is -1.08. The predicted molar refractivity (Wildman–Crippen MR) is 61.7 cm³/mol. The second kappa shape index (κ2) is 11.5. The number of nitrogens with two attached hydrogens (primary N) is 2. The Labute approximate surface area is 114 Å². The van der Waals surface area contributed by atoms with Gasteiger partial charge in [-0.25, -0.2) is 21.4 Å². The van der Waals surface area contributed by atoms with Crippen molar-refractivity contribution >= 4 is 36.2 Å². The van der Waals surface area contributed by atoms with E-state index in [4.69, 9.17) is 5.41 Å². The van der Waals surface area contributed by atoms with Crippen LogP contribution in [0.1, 0.15) is 12.8 Å². The van der Waals surface area contributed by atoms with Gasteiger partial charge in [0.15, 0.2) is 19.1 Å². The number of carbonyl (C=O) groups is 3. The van der Waals surface area contributed by atoms with Crippen molar-refractivity contribution in [2.75, 3.05) is 13.2 Å². The van der Waals surface area contributed by atoms with E-state index in [2.05, 4.69) is 30.9 Å². The topological polar surface area (TPSA) is 164 Å². The van der Waals surface area contributed by atoms with Gasteiger partial charge in [-0.2, -0.15) is 0 Å². The van der Waals surface area contributed by atoms with Crippen LogP contribution in [0.5, 0.6) is 0 Å². The molecule has 19 heavy (non-hydrogen) atoms. The molecule has 0 aromatic carbocycles. The first-order valence-corrected chi connectivity index (χ1v) is 4.64. The lowest BCUT2D eigenvalue weighted by atomic mass is 10.3. The summed E-state index contributed by atoms with van der Waals surface area (Å²) in [5.74, 6) is 5.99. The van der Waals surface area contributed by atoms with Crippen LogP contribution in [0.2, 0.25) is 0 Å². The summed E-state index contributed by atoms with van der Waals surface area (Å²) in [7, 11) is 0. The number of rotatable bonds is 7. The second-order valence-corrected chi connectivity index (χ2v) is 2.87. The van der Waals surface area contributed by atoms with Crippen molar-refractivity contribution < 1.29 is 33.5 Å². The van der Waals surface area contributed by atoms with Gasteiger partial charge in [-0.15, -0.1) is 12.4 Å². The number of esters is 3. The third-order valence-electron chi connectivity index (χ3n) is 1.42. The highest BCUT2D eigenvalue weighted by Gasteiger charge is 2.13. The van der Waals surface area contributed by atoms with Crippen LogP contribution in [0, 0.1) is 5.41 Å². The molecule has 110 valence electrons. The fraction of sp³-hybridized carbons (Fsp3) is 0.500. The normalized spacial score (nSPS) is 9.16. The molecule has 0 aliphatic carbocycles. The van der Waals surface area contributed by atoms with Gasteiger partial charge in [-0.1, -0.05) is 0 Å². The molecule has 0 atom stereocenters. The van der Waals surface area contributed by atoms with Gasteiger partial charge in [0, 0.05) is 6.42 Å². The molecule has 0 saturated heterocycles. The van der Waals surface area contributed by atoms with Crippen LogP contribution in [0.4, 0.5) is 0 Å². The van der Waals surface area contributed by atoms with Crippen molar-refractivity contribution in [1.82, 2.24) is 0 Å². The fourth-order valence-electron chi connectivity index (χ4n) is 0.777. The van der Waals surface area contributed by atoms with Gasteiger partial charge in [0.05, 0.1) is 6.42 Å². The first-order valence-electron chi connectivity index (χ1n) is 4.64. The average molecular weight is 300 g/mol. The van der Waals surface area contributed by atoms with Crippen molar-refractivity contribution in [1.29, 1.82) is 5.41 Å². The number of ether oxygens (including phenoxy) is 2. The molecule has 0 spiro atoms. The molecular weight excluding hydrogens is 286 g/mol. The van der Waals surface area contributed by atoms with Crippen LogP contribution in [0.3, 0.4) is 0 Å². The van der Waals surface area contributed by atoms with Crippen molar-refractivity contribution in [3.63, 3.8) is 0 Å². The van der Waals surface area contributed by atoms with Gasteiger partial charge < -0.3 is 9.47 Å². The van der Waals surface area contributed by atoms with Gasteiger partial charge in [0.25, 0.3) is 0 Å². The predicted octanol–water partition coefficient (Wildman–Crippen LogP) is -1.44. The standard InChI is InChI=1S/C8H13N3O7.ClH/c9-5(17-7(13)3-15-10)1-2-6(12)18-8(14)4-16-11;/h9H,1-4,10-11H2;1H. The van der Waals surface area contributed by atoms with Crippen LogP contribution in [0.15, 0.2) is 0 Å². The van der Waals surface area contributed by atoms with E-state index in [1.165, 1.54) is 0 Å². The minimum Gasteiger partial charge on any atom is -0.410 e. The summed E-state index contributed by atoms with van der Waals surface area (Å²) < 4.78 is 8.62. The van der Waals surface area contributed by atoms with E-state index < -0.39 is 37.0 Å². The van der Waals surface area contributed by atoms with Gasteiger partial charge in [0.2, 0.25) is 0 Å². The zero-order chi connectivity index (χ0) is 14.0. The third-order valence-corrected chi connectivity index (χ3v) is 1.42. The molecule has 10 nitrogen and oxygen atoms in total. The highest BCUT2D eigenvalue weighted by molar-refractivity contribution is 5.91. The van der Waals surface area contributed by atoms with Crippen LogP contribution >= 0.6 is 12.4 Å². The largest absolute Gasteiger partial charge is 0.410 e. The Balaban J connectivity index is 0. The molecule has 5 N–H and O–H groups in total. The average Bonchev–Trinajstić information content (AvgIpc) is 2.27. The van der Waals surface area contributed by atoms with E-state index in [1.54, 1.807) is 0 Å². The number of nitrogens with one attached hydrogen (secondary N) is 1. The summed E-state index contributed by atoms with van der Waals surface area (Å²) in [5, 5.41) is 7.18.